The zero-order valence-electron chi connectivity index (χ0n) is 19.0. The van der Waals surface area contributed by atoms with E-state index in [4.69, 9.17) is 5.73 Å². The van der Waals surface area contributed by atoms with Gasteiger partial charge >= 0.3 is 7.12 Å². The van der Waals surface area contributed by atoms with Crippen molar-refractivity contribution in [3.8, 4) is 11.1 Å². The molecule has 1 amide bonds. The predicted octanol–water partition coefficient (Wildman–Crippen LogP) is 3.60. The van der Waals surface area contributed by atoms with Gasteiger partial charge in [-0.3, -0.25) is 4.79 Å². The average molecular weight is 480 g/mol. The molecule has 0 saturated carbocycles. The molecule has 172 valence electrons. The fourth-order valence-corrected chi connectivity index (χ4v) is 6.65. The lowest BCUT2D eigenvalue weighted by molar-refractivity contribution is 0.0717. The van der Waals surface area contributed by atoms with Gasteiger partial charge in [0, 0.05) is 25.2 Å². The lowest BCUT2D eigenvalue weighted by Crippen LogP contribution is -2.37. The number of benzene rings is 2. The lowest BCUT2D eigenvalue weighted by Gasteiger charge is -2.32. The van der Waals surface area contributed by atoms with Crippen LogP contribution in [0.15, 0.2) is 52.7 Å². The molecule has 0 bridgehead atoms. The maximum absolute atomic E-state index is 13.5. The smallest absolute Gasteiger partial charge is 0.423 e. The summed E-state index contributed by atoms with van der Waals surface area (Å²) in [4.78, 5) is 16.2. The molecular weight excluding hydrogens is 451 g/mol. The van der Waals surface area contributed by atoms with E-state index in [1.165, 1.54) is 16.9 Å². The summed E-state index contributed by atoms with van der Waals surface area (Å²) in [6.07, 6.45) is 3.90. The van der Waals surface area contributed by atoms with Crippen LogP contribution in [-0.2, 0) is 6.54 Å². The standard InChI is InChI=1S/C25H29BN2O3S2/c1-16-22(20-7-4-8-21(14-20)26(30)31)25(32-2)33-23(16)24(29)28-11-9-18(10-12-28)19-6-3-5-17(13-19)15-27/h3-8,13-14,18,30-31H,9-12,15,27H2,1-2H3. The molecule has 4 N–H and O–H groups in total. The van der Waals surface area contributed by atoms with Crippen molar-refractivity contribution < 1.29 is 14.8 Å². The van der Waals surface area contributed by atoms with Gasteiger partial charge in [0.25, 0.3) is 5.91 Å². The second kappa shape index (κ2) is 10.4. The van der Waals surface area contributed by atoms with E-state index in [-0.39, 0.29) is 5.91 Å². The van der Waals surface area contributed by atoms with Crippen molar-refractivity contribution in [3.63, 3.8) is 0 Å². The minimum Gasteiger partial charge on any atom is -0.423 e. The lowest BCUT2D eigenvalue weighted by atomic mass is 9.79. The summed E-state index contributed by atoms with van der Waals surface area (Å²) in [5, 5.41) is 19.1. The Labute approximate surface area is 203 Å². The van der Waals surface area contributed by atoms with Crippen LogP contribution in [0.3, 0.4) is 0 Å². The molecule has 1 aromatic heterocycles. The van der Waals surface area contributed by atoms with Gasteiger partial charge in [-0.15, -0.1) is 23.1 Å². The number of likely N-dealkylation sites (tertiary alicyclic amines) is 1. The Kier molecular flexibility index (Phi) is 7.61. The zero-order chi connectivity index (χ0) is 23.5. The van der Waals surface area contributed by atoms with Crippen molar-refractivity contribution in [1.29, 1.82) is 0 Å². The van der Waals surface area contributed by atoms with Gasteiger partial charge in [-0.25, -0.2) is 0 Å². The molecule has 1 aliphatic rings. The van der Waals surface area contributed by atoms with E-state index in [0.717, 1.165) is 57.3 Å². The number of carbonyl (C=O) groups is 1. The molecule has 0 spiro atoms. The molecule has 5 nitrogen and oxygen atoms in total. The van der Waals surface area contributed by atoms with Gasteiger partial charge in [0.15, 0.2) is 0 Å². The second-order valence-corrected chi connectivity index (χ2v) is 10.5. The minimum absolute atomic E-state index is 0.0894. The number of rotatable bonds is 6. The van der Waals surface area contributed by atoms with Gasteiger partial charge in [-0.2, -0.15) is 0 Å². The molecule has 0 unspecified atom stereocenters. The zero-order valence-corrected chi connectivity index (χ0v) is 20.6. The number of thioether (sulfide) groups is 1. The molecule has 3 aromatic rings. The normalized spacial score (nSPS) is 14.5. The Balaban J connectivity index is 1.54. The van der Waals surface area contributed by atoms with E-state index < -0.39 is 7.12 Å². The Morgan fingerprint density at radius 3 is 2.58 bits per heavy atom. The van der Waals surface area contributed by atoms with Crippen LogP contribution in [0.2, 0.25) is 0 Å². The van der Waals surface area contributed by atoms with Crippen LogP contribution < -0.4 is 11.2 Å². The molecule has 2 heterocycles. The molecule has 1 saturated heterocycles. The van der Waals surface area contributed by atoms with Crippen molar-refractivity contribution in [2.24, 2.45) is 5.73 Å². The van der Waals surface area contributed by atoms with Crippen molar-refractivity contribution in [3.05, 3.63) is 70.1 Å². The van der Waals surface area contributed by atoms with Crippen LogP contribution in [-0.4, -0.2) is 47.3 Å². The van der Waals surface area contributed by atoms with Crippen molar-refractivity contribution in [2.45, 2.75) is 36.4 Å². The first kappa shape index (κ1) is 24.0. The highest BCUT2D eigenvalue weighted by Gasteiger charge is 2.29. The highest BCUT2D eigenvalue weighted by atomic mass is 32.2. The van der Waals surface area contributed by atoms with Crippen LogP contribution in [0, 0.1) is 6.92 Å². The van der Waals surface area contributed by atoms with Gasteiger partial charge in [0.2, 0.25) is 0 Å². The molecule has 0 atom stereocenters. The van der Waals surface area contributed by atoms with Gasteiger partial charge in [0.05, 0.1) is 9.09 Å². The number of amides is 1. The predicted molar refractivity (Wildman–Crippen MR) is 138 cm³/mol. The van der Waals surface area contributed by atoms with E-state index in [9.17, 15) is 14.8 Å². The third kappa shape index (κ3) is 5.05. The Morgan fingerprint density at radius 1 is 1.18 bits per heavy atom. The van der Waals surface area contributed by atoms with Gasteiger partial charge < -0.3 is 20.7 Å². The first-order valence-corrected chi connectivity index (χ1v) is 13.2. The Bertz CT molecular complexity index is 1140. The number of hydrogen-bond donors (Lipinski definition) is 3. The van der Waals surface area contributed by atoms with E-state index in [1.807, 2.05) is 30.2 Å². The van der Waals surface area contributed by atoms with E-state index in [2.05, 4.69) is 24.3 Å². The summed E-state index contributed by atoms with van der Waals surface area (Å²) in [6.45, 7) is 4.02. The number of nitrogens with zero attached hydrogens (tertiary/aromatic N) is 1. The van der Waals surface area contributed by atoms with E-state index >= 15 is 0 Å². The molecule has 0 aliphatic carbocycles. The van der Waals surface area contributed by atoms with E-state index in [1.54, 1.807) is 23.9 Å². The van der Waals surface area contributed by atoms with Crippen LogP contribution in [0.4, 0.5) is 0 Å². The largest absolute Gasteiger partial charge is 0.488 e. The van der Waals surface area contributed by atoms with Crippen molar-refractivity contribution in [2.75, 3.05) is 19.3 Å². The molecule has 4 rings (SSSR count). The third-order valence-electron chi connectivity index (χ3n) is 6.41. The molecule has 2 aromatic carbocycles. The molecule has 0 radical (unpaired) electrons. The highest BCUT2D eigenvalue weighted by molar-refractivity contribution is 8.00. The van der Waals surface area contributed by atoms with Crippen molar-refractivity contribution in [1.82, 2.24) is 4.90 Å². The number of thiophene rings is 1. The minimum atomic E-state index is -1.52. The maximum Gasteiger partial charge on any atom is 0.488 e. The molecule has 8 heteroatoms. The first-order valence-electron chi connectivity index (χ1n) is 11.1. The van der Waals surface area contributed by atoms with Gasteiger partial charge in [-0.05, 0) is 59.7 Å². The summed E-state index contributed by atoms with van der Waals surface area (Å²) >= 11 is 3.15. The number of hydrogen-bond acceptors (Lipinski definition) is 6. The third-order valence-corrected chi connectivity index (χ3v) is 8.81. The van der Waals surface area contributed by atoms with Gasteiger partial charge in [0.1, 0.15) is 0 Å². The molecule has 33 heavy (non-hydrogen) atoms. The summed E-state index contributed by atoms with van der Waals surface area (Å²) in [7, 11) is -1.52. The van der Waals surface area contributed by atoms with Crippen molar-refractivity contribution >= 4 is 41.6 Å². The second-order valence-electron chi connectivity index (χ2n) is 8.44. The number of nitrogens with two attached hydrogens (primary N) is 1. The summed E-state index contributed by atoms with van der Waals surface area (Å²) < 4.78 is 1.06. The monoisotopic (exact) mass is 480 g/mol. The first-order chi connectivity index (χ1) is 15.9. The van der Waals surface area contributed by atoms with E-state index in [0.29, 0.717) is 17.9 Å². The molecular formula is C25H29BN2O3S2. The Hall–Kier alpha value is -2.10. The van der Waals surface area contributed by atoms with Crippen LogP contribution in [0.5, 0.6) is 0 Å². The summed E-state index contributed by atoms with van der Waals surface area (Å²) in [6, 6.07) is 15.7. The number of carbonyl (C=O) groups excluding carboxylic acids is 1. The maximum atomic E-state index is 13.5. The van der Waals surface area contributed by atoms with Crippen LogP contribution >= 0.6 is 23.1 Å². The number of piperidine rings is 1. The fraction of sp³-hybridized carbons (Fsp3) is 0.320. The highest BCUT2D eigenvalue weighted by Crippen LogP contribution is 2.42. The van der Waals surface area contributed by atoms with Gasteiger partial charge in [-0.1, -0.05) is 48.5 Å². The molecule has 1 aliphatic heterocycles. The average Bonchev–Trinajstić information content (AvgIpc) is 3.19. The summed E-state index contributed by atoms with van der Waals surface area (Å²) in [5.41, 5.74) is 11.6. The SMILES string of the molecule is CSc1sc(C(=O)N2CCC(c3cccc(CN)c3)CC2)c(C)c1-c1cccc(B(O)O)c1. The molecule has 1 fully saturated rings. The fourth-order valence-electron chi connectivity index (χ4n) is 4.56. The topological polar surface area (TPSA) is 86.8 Å². The van der Waals surface area contributed by atoms with Crippen LogP contribution in [0.25, 0.3) is 11.1 Å². The van der Waals surface area contributed by atoms with Crippen LogP contribution in [0.1, 0.15) is 45.1 Å². The summed E-state index contributed by atoms with van der Waals surface area (Å²) in [5.74, 6) is 0.543. The Morgan fingerprint density at radius 2 is 1.91 bits per heavy atom. The quantitative estimate of drug-likeness (QED) is 0.371.